The van der Waals surface area contributed by atoms with Crippen LogP contribution < -0.4 is 4.90 Å². The molecule has 136 valence electrons. The van der Waals surface area contributed by atoms with E-state index in [0.717, 1.165) is 41.7 Å². The van der Waals surface area contributed by atoms with Gasteiger partial charge in [-0.2, -0.15) is 0 Å². The Morgan fingerprint density at radius 1 is 1.31 bits per heavy atom. The summed E-state index contributed by atoms with van der Waals surface area (Å²) in [5.74, 6) is 1.61. The molecule has 1 aliphatic heterocycles. The van der Waals surface area contributed by atoms with Crippen LogP contribution in [0, 0.1) is 5.92 Å². The average Bonchev–Trinajstić information content (AvgIpc) is 3.12. The largest absolute Gasteiger partial charge is 0.392 e. The van der Waals surface area contributed by atoms with Gasteiger partial charge in [0.2, 0.25) is 0 Å². The van der Waals surface area contributed by atoms with Crippen LogP contribution in [0.4, 0.5) is 5.82 Å². The summed E-state index contributed by atoms with van der Waals surface area (Å²) >= 11 is 0. The monoisotopic (exact) mass is 352 g/mol. The van der Waals surface area contributed by atoms with Gasteiger partial charge in [0.15, 0.2) is 0 Å². The third kappa shape index (κ3) is 3.06. The maximum Gasteiger partial charge on any atom is 0.137 e. The minimum Gasteiger partial charge on any atom is -0.392 e. The van der Waals surface area contributed by atoms with Crippen LogP contribution in [-0.4, -0.2) is 37.8 Å². The number of aliphatic hydroxyl groups excluding tert-OH is 2. The van der Waals surface area contributed by atoms with E-state index in [-0.39, 0.29) is 12.5 Å². The van der Waals surface area contributed by atoms with E-state index < -0.39 is 6.10 Å². The molecule has 3 heterocycles. The molecule has 6 heteroatoms. The van der Waals surface area contributed by atoms with E-state index >= 15 is 0 Å². The van der Waals surface area contributed by atoms with Gasteiger partial charge in [-0.3, -0.25) is 0 Å². The maximum absolute atomic E-state index is 10.8. The van der Waals surface area contributed by atoms with Crippen molar-refractivity contribution in [3.05, 3.63) is 54.1 Å². The van der Waals surface area contributed by atoms with Crippen molar-refractivity contribution in [1.82, 2.24) is 14.5 Å². The zero-order valence-electron chi connectivity index (χ0n) is 14.9. The number of pyridine rings is 1. The fraction of sp³-hybridized carbons (Fsp3) is 0.400. The Morgan fingerprint density at radius 2 is 2.15 bits per heavy atom. The number of rotatable bonds is 4. The van der Waals surface area contributed by atoms with Crippen LogP contribution in [0.15, 0.2) is 42.7 Å². The van der Waals surface area contributed by atoms with E-state index in [1.165, 1.54) is 0 Å². The zero-order valence-corrected chi connectivity index (χ0v) is 14.9. The normalized spacial score (nSPS) is 19.0. The van der Waals surface area contributed by atoms with Crippen LogP contribution in [0.2, 0.25) is 0 Å². The molecule has 3 aromatic rings. The smallest absolute Gasteiger partial charge is 0.137 e. The first kappa shape index (κ1) is 17.0. The zero-order chi connectivity index (χ0) is 18.1. The van der Waals surface area contributed by atoms with Gasteiger partial charge < -0.3 is 19.7 Å². The molecule has 0 amide bonds. The summed E-state index contributed by atoms with van der Waals surface area (Å²) in [5.41, 5.74) is 1.75. The molecule has 0 bridgehead atoms. The highest BCUT2D eigenvalue weighted by atomic mass is 16.3. The summed E-state index contributed by atoms with van der Waals surface area (Å²) in [6.07, 6.45) is 4.90. The predicted molar refractivity (Wildman–Crippen MR) is 101 cm³/mol. The maximum atomic E-state index is 10.8. The minimum atomic E-state index is -0.601. The van der Waals surface area contributed by atoms with Crippen molar-refractivity contribution >= 4 is 16.7 Å². The topological polar surface area (TPSA) is 74.4 Å². The summed E-state index contributed by atoms with van der Waals surface area (Å²) in [4.78, 5) is 11.3. The fourth-order valence-corrected chi connectivity index (χ4v) is 3.87. The van der Waals surface area contributed by atoms with Crippen molar-refractivity contribution in [3.8, 4) is 0 Å². The first-order valence-electron chi connectivity index (χ1n) is 9.07. The van der Waals surface area contributed by atoms with E-state index in [1.807, 2.05) is 48.1 Å². The molecule has 1 fully saturated rings. The molecule has 1 aromatic carbocycles. The Kier molecular flexibility index (Phi) is 4.61. The fourth-order valence-electron chi connectivity index (χ4n) is 3.87. The van der Waals surface area contributed by atoms with E-state index in [9.17, 15) is 10.2 Å². The number of hydrogen-bond donors (Lipinski definition) is 2. The van der Waals surface area contributed by atoms with Crippen molar-refractivity contribution in [2.45, 2.75) is 25.6 Å². The summed E-state index contributed by atoms with van der Waals surface area (Å²) in [6.45, 7) is 1.53. The Hall–Kier alpha value is -2.44. The lowest BCUT2D eigenvalue weighted by molar-refractivity contribution is 0.0873. The molecule has 0 radical (unpaired) electrons. The van der Waals surface area contributed by atoms with Crippen LogP contribution in [0.5, 0.6) is 0 Å². The van der Waals surface area contributed by atoms with Crippen molar-refractivity contribution in [2.75, 3.05) is 18.0 Å². The number of anilines is 1. The third-order valence-corrected chi connectivity index (χ3v) is 5.28. The predicted octanol–water partition coefficient (Wildman–Crippen LogP) is 2.41. The van der Waals surface area contributed by atoms with Gasteiger partial charge in [-0.25, -0.2) is 9.97 Å². The number of piperidine rings is 1. The molecule has 2 unspecified atom stereocenters. The molecule has 2 atom stereocenters. The highest BCUT2D eigenvalue weighted by Gasteiger charge is 2.30. The van der Waals surface area contributed by atoms with Gasteiger partial charge in [-0.15, -0.1) is 0 Å². The lowest BCUT2D eigenvalue weighted by Crippen LogP contribution is -2.39. The molecule has 0 spiro atoms. The molecule has 0 saturated carbocycles. The molecule has 2 N–H and O–H groups in total. The summed E-state index contributed by atoms with van der Waals surface area (Å²) in [7, 11) is 1.90. The van der Waals surface area contributed by atoms with E-state index in [1.54, 1.807) is 6.20 Å². The Morgan fingerprint density at radius 3 is 2.92 bits per heavy atom. The van der Waals surface area contributed by atoms with Gasteiger partial charge in [0.05, 0.1) is 12.1 Å². The van der Waals surface area contributed by atoms with Crippen LogP contribution in [-0.2, 0) is 13.7 Å². The second-order valence-corrected chi connectivity index (χ2v) is 7.01. The van der Waals surface area contributed by atoms with Gasteiger partial charge in [0.25, 0.3) is 0 Å². The van der Waals surface area contributed by atoms with Crippen LogP contribution >= 0.6 is 0 Å². The number of nitrogens with zero attached hydrogens (tertiary/aromatic N) is 4. The molecule has 2 aromatic heterocycles. The van der Waals surface area contributed by atoms with Gasteiger partial charge in [-0.1, -0.05) is 18.2 Å². The molecular formula is C20H24N4O2. The Bertz CT molecular complexity index is 908. The highest BCUT2D eigenvalue weighted by molar-refractivity contribution is 5.81. The highest BCUT2D eigenvalue weighted by Crippen LogP contribution is 2.32. The molecule has 4 rings (SSSR count). The SMILES string of the molecule is Cn1ccnc1C(O)C1CCCN(c2nc3ccccc3cc2CO)C1. The molecule has 1 saturated heterocycles. The van der Waals surface area contributed by atoms with Crippen molar-refractivity contribution in [1.29, 1.82) is 0 Å². The number of aryl methyl sites for hydroxylation is 1. The lowest BCUT2D eigenvalue weighted by Gasteiger charge is -2.36. The summed E-state index contributed by atoms with van der Waals surface area (Å²) < 4.78 is 1.87. The van der Waals surface area contributed by atoms with Crippen LogP contribution in [0.3, 0.4) is 0 Å². The first-order valence-corrected chi connectivity index (χ1v) is 9.07. The number of aromatic nitrogens is 3. The second-order valence-electron chi connectivity index (χ2n) is 7.01. The quantitative estimate of drug-likeness (QED) is 0.754. The summed E-state index contributed by atoms with van der Waals surface area (Å²) in [5, 5.41) is 21.7. The van der Waals surface area contributed by atoms with Crippen LogP contribution in [0.25, 0.3) is 10.9 Å². The minimum absolute atomic E-state index is 0.0454. The Labute approximate surface area is 152 Å². The van der Waals surface area contributed by atoms with E-state index in [2.05, 4.69) is 9.88 Å². The van der Waals surface area contributed by atoms with Gasteiger partial charge in [0.1, 0.15) is 17.7 Å². The number of benzene rings is 1. The molecule has 0 aliphatic carbocycles. The third-order valence-electron chi connectivity index (χ3n) is 5.28. The van der Waals surface area contributed by atoms with Crippen molar-refractivity contribution in [3.63, 3.8) is 0 Å². The summed E-state index contributed by atoms with van der Waals surface area (Å²) in [6, 6.07) is 9.96. The molecule has 1 aliphatic rings. The van der Waals surface area contributed by atoms with Crippen LogP contribution in [0.1, 0.15) is 30.3 Å². The number of hydrogen-bond acceptors (Lipinski definition) is 5. The van der Waals surface area contributed by atoms with Crippen molar-refractivity contribution < 1.29 is 10.2 Å². The number of para-hydroxylation sites is 1. The number of aliphatic hydroxyl groups is 2. The average molecular weight is 352 g/mol. The van der Waals surface area contributed by atoms with Gasteiger partial charge >= 0.3 is 0 Å². The van der Waals surface area contributed by atoms with Crippen molar-refractivity contribution in [2.24, 2.45) is 13.0 Å². The second kappa shape index (κ2) is 7.05. The molecular weight excluding hydrogens is 328 g/mol. The molecule has 26 heavy (non-hydrogen) atoms. The van der Waals surface area contributed by atoms with E-state index in [4.69, 9.17) is 4.98 Å². The number of imidazole rings is 1. The standard InChI is InChI=1S/C20H24N4O2/c1-23-10-8-21-20(23)18(26)15-6-4-9-24(12-15)19-16(13-25)11-14-5-2-3-7-17(14)22-19/h2-3,5,7-8,10-11,15,18,25-26H,4,6,9,12-13H2,1H3. The first-order chi connectivity index (χ1) is 12.7. The Balaban J connectivity index is 1.63. The number of fused-ring (bicyclic) bond motifs is 1. The lowest BCUT2D eigenvalue weighted by atomic mass is 9.91. The van der Waals surface area contributed by atoms with Gasteiger partial charge in [0, 0.05) is 49.4 Å². The molecule has 6 nitrogen and oxygen atoms in total. The van der Waals surface area contributed by atoms with Gasteiger partial charge in [-0.05, 0) is 25.0 Å². The van der Waals surface area contributed by atoms with E-state index in [0.29, 0.717) is 12.4 Å².